The molecule has 3 nitrogen and oxygen atoms in total. The highest BCUT2D eigenvalue weighted by Gasteiger charge is 2.26. The van der Waals surface area contributed by atoms with Crippen molar-refractivity contribution >= 4 is 11.8 Å². The number of nitrogens with zero attached hydrogens (tertiary/aromatic N) is 3. The molecule has 2 heterocycles. The van der Waals surface area contributed by atoms with Crippen molar-refractivity contribution in [2.75, 3.05) is 12.8 Å². The molecule has 1 aromatic heterocycles. The van der Waals surface area contributed by atoms with Gasteiger partial charge in [-0.1, -0.05) is 42.1 Å². The lowest BCUT2D eigenvalue weighted by atomic mass is 10.1. The number of hydrogen-bond donors (Lipinski definition) is 0. The Hall–Kier alpha value is -1.39. The van der Waals surface area contributed by atoms with Crippen LogP contribution in [0.15, 0.2) is 47.9 Å². The van der Waals surface area contributed by atoms with Crippen molar-refractivity contribution in [3.05, 3.63) is 53.9 Å². The summed E-state index contributed by atoms with van der Waals surface area (Å²) >= 11 is 1.59. The largest absolute Gasteiger partial charge is 0.292 e. The molecule has 1 atom stereocenters. The molecule has 0 unspecified atom stereocenters. The van der Waals surface area contributed by atoms with Crippen molar-refractivity contribution in [3.63, 3.8) is 0 Å². The maximum atomic E-state index is 4.41. The number of hydrogen-bond acceptors (Lipinski definition) is 4. The molecule has 0 saturated carbocycles. The Kier molecular flexibility index (Phi) is 4.33. The number of benzene rings is 1. The second kappa shape index (κ2) is 6.37. The lowest BCUT2D eigenvalue weighted by Crippen LogP contribution is -2.23. The summed E-state index contributed by atoms with van der Waals surface area (Å²) in [6.45, 7) is 2.17. The first-order chi connectivity index (χ1) is 9.86. The molecule has 0 spiro atoms. The summed E-state index contributed by atoms with van der Waals surface area (Å²) in [7, 11) is 0. The van der Waals surface area contributed by atoms with Crippen LogP contribution in [0, 0.1) is 0 Å². The Balaban J connectivity index is 1.74. The monoisotopic (exact) mass is 285 g/mol. The number of thioether (sulfide) groups is 1. The minimum Gasteiger partial charge on any atom is -0.292 e. The normalized spacial score (nSPS) is 19.4. The van der Waals surface area contributed by atoms with Crippen molar-refractivity contribution in [3.8, 4) is 0 Å². The van der Waals surface area contributed by atoms with E-state index in [2.05, 4.69) is 45.2 Å². The predicted molar refractivity (Wildman–Crippen MR) is 82.6 cm³/mol. The van der Waals surface area contributed by atoms with Crippen molar-refractivity contribution in [1.82, 2.24) is 14.9 Å². The first kappa shape index (κ1) is 13.6. The third-order valence-electron chi connectivity index (χ3n) is 3.81. The van der Waals surface area contributed by atoms with Gasteiger partial charge in [0.15, 0.2) is 5.16 Å². The fourth-order valence-electron chi connectivity index (χ4n) is 2.81. The predicted octanol–water partition coefficient (Wildman–Crippen LogP) is 3.54. The van der Waals surface area contributed by atoms with Crippen molar-refractivity contribution in [2.45, 2.75) is 30.6 Å². The summed E-state index contributed by atoms with van der Waals surface area (Å²) in [5.74, 6) is 0. The van der Waals surface area contributed by atoms with Gasteiger partial charge in [0, 0.05) is 30.5 Å². The molecular formula is C16H19N3S. The van der Waals surface area contributed by atoms with E-state index in [1.165, 1.54) is 24.0 Å². The van der Waals surface area contributed by atoms with Crippen LogP contribution in [0.2, 0.25) is 0 Å². The van der Waals surface area contributed by atoms with Gasteiger partial charge in [-0.25, -0.2) is 9.97 Å². The van der Waals surface area contributed by atoms with Gasteiger partial charge in [-0.2, -0.15) is 0 Å². The molecule has 104 valence electrons. The summed E-state index contributed by atoms with van der Waals surface area (Å²) in [5.41, 5.74) is 2.62. The molecule has 4 heteroatoms. The van der Waals surface area contributed by atoms with Gasteiger partial charge in [-0.3, -0.25) is 4.90 Å². The molecule has 1 aliphatic rings. The van der Waals surface area contributed by atoms with Gasteiger partial charge in [0.25, 0.3) is 0 Å². The molecule has 1 aromatic carbocycles. The van der Waals surface area contributed by atoms with Crippen molar-refractivity contribution in [2.24, 2.45) is 0 Å². The molecule has 0 N–H and O–H groups in total. The highest BCUT2D eigenvalue weighted by molar-refractivity contribution is 7.98. The third kappa shape index (κ3) is 3.02. The van der Waals surface area contributed by atoms with Crippen LogP contribution >= 0.6 is 11.8 Å². The van der Waals surface area contributed by atoms with E-state index in [1.54, 1.807) is 11.8 Å². The Bertz CT molecular complexity index is 541. The van der Waals surface area contributed by atoms with Gasteiger partial charge in [-0.05, 0) is 31.2 Å². The Morgan fingerprint density at radius 2 is 1.95 bits per heavy atom. The first-order valence-electron chi connectivity index (χ1n) is 7.01. The Morgan fingerprint density at radius 1 is 1.20 bits per heavy atom. The van der Waals surface area contributed by atoms with Gasteiger partial charge in [0.05, 0.1) is 0 Å². The van der Waals surface area contributed by atoms with Crippen molar-refractivity contribution < 1.29 is 0 Å². The van der Waals surface area contributed by atoms with E-state index in [0.29, 0.717) is 6.04 Å². The Labute approximate surface area is 124 Å². The molecule has 1 aliphatic heterocycles. The SMILES string of the molecule is CSc1ncc([C@H]2CCCN2Cc2ccccc2)cn1. The number of aromatic nitrogens is 2. The van der Waals surface area contributed by atoms with Crippen LogP contribution in [0.4, 0.5) is 0 Å². The second-order valence-corrected chi connectivity index (χ2v) is 5.89. The standard InChI is InChI=1S/C16H19N3S/c1-20-16-17-10-14(11-18-16)15-8-5-9-19(15)12-13-6-3-2-4-7-13/h2-4,6-7,10-11,15H,5,8-9,12H2,1H3/t15-/m1/s1. The highest BCUT2D eigenvalue weighted by Crippen LogP contribution is 2.32. The van der Waals surface area contributed by atoms with Gasteiger partial charge < -0.3 is 0 Å². The van der Waals surface area contributed by atoms with Gasteiger partial charge in [0.2, 0.25) is 0 Å². The summed E-state index contributed by atoms with van der Waals surface area (Å²) in [5, 5.41) is 0.848. The molecule has 1 fully saturated rings. The molecule has 2 aromatic rings. The second-order valence-electron chi connectivity index (χ2n) is 5.12. The molecular weight excluding hydrogens is 266 g/mol. The summed E-state index contributed by atoms with van der Waals surface area (Å²) in [6.07, 6.45) is 8.45. The smallest absolute Gasteiger partial charge is 0.187 e. The lowest BCUT2D eigenvalue weighted by Gasteiger charge is -2.24. The lowest BCUT2D eigenvalue weighted by molar-refractivity contribution is 0.247. The number of rotatable bonds is 4. The fourth-order valence-corrected chi connectivity index (χ4v) is 3.13. The zero-order chi connectivity index (χ0) is 13.8. The van der Waals surface area contributed by atoms with E-state index < -0.39 is 0 Å². The summed E-state index contributed by atoms with van der Waals surface area (Å²) in [6, 6.07) is 11.1. The van der Waals surface area contributed by atoms with Gasteiger partial charge in [0.1, 0.15) is 0 Å². The molecule has 3 rings (SSSR count). The number of likely N-dealkylation sites (tertiary alicyclic amines) is 1. The van der Waals surface area contributed by atoms with Crippen LogP contribution in [-0.4, -0.2) is 27.7 Å². The Morgan fingerprint density at radius 3 is 2.65 bits per heavy atom. The molecule has 0 amide bonds. The minimum atomic E-state index is 0.464. The molecule has 0 radical (unpaired) electrons. The van der Waals surface area contributed by atoms with Crippen LogP contribution in [0.1, 0.15) is 30.0 Å². The maximum absolute atomic E-state index is 4.41. The molecule has 1 saturated heterocycles. The van der Waals surface area contributed by atoms with Crippen LogP contribution in [-0.2, 0) is 6.54 Å². The fraction of sp³-hybridized carbons (Fsp3) is 0.375. The third-order valence-corrected chi connectivity index (χ3v) is 4.38. The first-order valence-corrected chi connectivity index (χ1v) is 8.23. The maximum Gasteiger partial charge on any atom is 0.187 e. The van der Waals surface area contributed by atoms with Crippen LogP contribution in [0.5, 0.6) is 0 Å². The van der Waals surface area contributed by atoms with Gasteiger partial charge in [-0.15, -0.1) is 0 Å². The topological polar surface area (TPSA) is 29.0 Å². The van der Waals surface area contributed by atoms with E-state index >= 15 is 0 Å². The minimum absolute atomic E-state index is 0.464. The zero-order valence-electron chi connectivity index (χ0n) is 11.7. The van der Waals surface area contributed by atoms with Crippen LogP contribution < -0.4 is 0 Å². The molecule has 0 bridgehead atoms. The molecule has 20 heavy (non-hydrogen) atoms. The van der Waals surface area contributed by atoms with Crippen LogP contribution in [0.25, 0.3) is 0 Å². The van der Waals surface area contributed by atoms with Crippen LogP contribution in [0.3, 0.4) is 0 Å². The van der Waals surface area contributed by atoms with Gasteiger partial charge >= 0.3 is 0 Å². The van der Waals surface area contributed by atoms with E-state index in [4.69, 9.17) is 0 Å². The van der Waals surface area contributed by atoms with E-state index in [0.717, 1.165) is 18.2 Å². The van der Waals surface area contributed by atoms with Crippen molar-refractivity contribution in [1.29, 1.82) is 0 Å². The van der Waals surface area contributed by atoms with E-state index in [-0.39, 0.29) is 0 Å². The average Bonchev–Trinajstić information content (AvgIpc) is 2.96. The highest BCUT2D eigenvalue weighted by atomic mass is 32.2. The summed E-state index contributed by atoms with van der Waals surface area (Å²) < 4.78 is 0. The zero-order valence-corrected chi connectivity index (χ0v) is 12.5. The van der Waals surface area contributed by atoms with E-state index in [1.807, 2.05) is 18.6 Å². The average molecular weight is 285 g/mol. The quantitative estimate of drug-likeness (QED) is 0.635. The summed E-state index contributed by atoms with van der Waals surface area (Å²) in [4.78, 5) is 11.4. The molecule has 0 aliphatic carbocycles. The van der Waals surface area contributed by atoms with E-state index in [9.17, 15) is 0 Å².